The lowest BCUT2D eigenvalue weighted by Crippen LogP contribution is -2.14. The molecule has 18 nitrogen and oxygen atoms in total. The number of ether oxygens (including phenoxy) is 18. The molecule has 0 atom stereocenters. The fourth-order valence-corrected chi connectivity index (χ4v) is 9.42. The second-order valence-corrected chi connectivity index (χ2v) is 20.2. The van der Waals surface area contributed by atoms with Crippen LogP contribution in [0.1, 0.15) is 77.0 Å². The highest BCUT2D eigenvalue weighted by Gasteiger charge is 2.21. The summed E-state index contributed by atoms with van der Waals surface area (Å²) < 4.78 is 111. The molecule has 0 N–H and O–H groups in total. The minimum absolute atomic E-state index is 0.274. The minimum Gasteiger partial charge on any atom is -0.487 e. The summed E-state index contributed by atoms with van der Waals surface area (Å²) in [5.74, 6) is 3.28. The van der Waals surface area contributed by atoms with Crippen LogP contribution in [-0.2, 0) is 56.8 Å². The molecule has 18 heteroatoms. The smallest absolute Gasteiger partial charge is 0.161 e. The van der Waals surface area contributed by atoms with Gasteiger partial charge in [0.05, 0.1) is 119 Å². The van der Waals surface area contributed by atoms with Gasteiger partial charge in [0.15, 0.2) is 34.5 Å². The summed E-state index contributed by atoms with van der Waals surface area (Å²) in [6.07, 6.45) is 24.9. The maximum Gasteiger partial charge on any atom is 0.161 e. The second-order valence-electron chi connectivity index (χ2n) is 20.2. The second kappa shape index (κ2) is 43.8. The van der Waals surface area contributed by atoms with Crippen LogP contribution in [-0.4, -0.2) is 198 Å². The predicted molar refractivity (Wildman–Crippen MR) is 325 cm³/mol. The van der Waals surface area contributed by atoms with Gasteiger partial charge in [-0.05, 0) is 146 Å². The molecule has 0 saturated heterocycles. The Labute approximate surface area is 498 Å². The average molecular weight is 1180 g/mol. The normalized spacial score (nSPS) is 22.0. The maximum absolute atomic E-state index is 6.59. The fourth-order valence-electron chi connectivity index (χ4n) is 9.42. The number of fused-ring (bicyclic) bond motifs is 9. The van der Waals surface area contributed by atoms with E-state index in [4.69, 9.17) is 85.3 Å². The quantitative estimate of drug-likeness (QED) is 0.120. The monoisotopic (exact) mass is 1180 g/mol. The van der Waals surface area contributed by atoms with E-state index in [1.165, 1.54) is 0 Å². The lowest BCUT2D eigenvalue weighted by molar-refractivity contribution is 0.0325. The molecule has 4 aromatic rings. The van der Waals surface area contributed by atoms with Crippen LogP contribution < -0.4 is 28.4 Å². The molecule has 0 bridgehead atoms. The summed E-state index contributed by atoms with van der Waals surface area (Å²) in [5.41, 5.74) is 0. The molecule has 0 radical (unpaired) electrons. The lowest BCUT2D eigenvalue weighted by Gasteiger charge is -2.21. The van der Waals surface area contributed by atoms with Crippen molar-refractivity contribution in [2.45, 2.75) is 77.0 Å². The van der Waals surface area contributed by atoms with Gasteiger partial charge in [0.1, 0.15) is 39.6 Å². The van der Waals surface area contributed by atoms with E-state index in [-0.39, 0.29) is 39.6 Å². The fraction of sp³-hybridized carbons (Fsp3) is 0.636. The Balaban J connectivity index is 1.23. The van der Waals surface area contributed by atoms with Gasteiger partial charge in [0, 0.05) is 39.6 Å². The first kappa shape index (κ1) is 66.7. The molecule has 468 valence electrons. The molecule has 0 aromatic heterocycles. The molecule has 4 aromatic carbocycles. The third-order valence-electron chi connectivity index (χ3n) is 13.7. The summed E-state index contributed by atoms with van der Waals surface area (Å²) in [4.78, 5) is 0. The van der Waals surface area contributed by atoms with Gasteiger partial charge < -0.3 is 85.3 Å². The molecule has 0 amide bonds. The van der Waals surface area contributed by atoms with Crippen LogP contribution in [0, 0.1) is 0 Å². The van der Waals surface area contributed by atoms with E-state index in [2.05, 4.69) is 36.5 Å². The molecule has 0 fully saturated rings. The van der Waals surface area contributed by atoms with Crippen molar-refractivity contribution < 1.29 is 85.3 Å². The molecule has 84 heavy (non-hydrogen) atoms. The topological polar surface area (TPSA) is 166 Å². The van der Waals surface area contributed by atoms with Crippen LogP contribution in [0.3, 0.4) is 0 Å². The number of allylic oxidation sites excluding steroid dienone is 6. The van der Waals surface area contributed by atoms with Crippen molar-refractivity contribution in [1.82, 2.24) is 0 Å². The maximum atomic E-state index is 6.59. The van der Waals surface area contributed by atoms with Gasteiger partial charge in [-0.1, -0.05) is 36.5 Å². The zero-order chi connectivity index (χ0) is 57.8. The van der Waals surface area contributed by atoms with Crippen molar-refractivity contribution in [3.63, 3.8) is 0 Å². The van der Waals surface area contributed by atoms with Crippen LogP contribution in [0.5, 0.6) is 34.5 Å². The first-order chi connectivity index (χ1) is 41.8. The highest BCUT2D eigenvalue weighted by atomic mass is 16.6. The van der Waals surface area contributed by atoms with Crippen LogP contribution in [0.2, 0.25) is 0 Å². The van der Waals surface area contributed by atoms with Gasteiger partial charge in [-0.2, -0.15) is 0 Å². The van der Waals surface area contributed by atoms with Gasteiger partial charge in [-0.15, -0.1) is 0 Å². The molecule has 7 rings (SSSR count). The Morgan fingerprint density at radius 1 is 0.155 bits per heavy atom. The first-order valence-electron chi connectivity index (χ1n) is 31.0. The lowest BCUT2D eigenvalue weighted by atomic mass is 9.93. The Kier molecular flexibility index (Phi) is 34.8. The summed E-state index contributed by atoms with van der Waals surface area (Å²) >= 11 is 0. The van der Waals surface area contributed by atoms with Gasteiger partial charge in [-0.3, -0.25) is 0 Å². The van der Waals surface area contributed by atoms with Gasteiger partial charge in [0.2, 0.25) is 0 Å². The van der Waals surface area contributed by atoms with E-state index in [1.54, 1.807) is 0 Å². The van der Waals surface area contributed by atoms with Crippen molar-refractivity contribution in [2.24, 2.45) is 0 Å². The minimum atomic E-state index is 0.274. The predicted octanol–water partition coefficient (Wildman–Crippen LogP) is 11.0. The van der Waals surface area contributed by atoms with Crippen LogP contribution in [0.25, 0.3) is 32.3 Å². The molecule has 0 spiro atoms. The molecular formula is C66H96O18. The molecule has 0 saturated carbocycles. The zero-order valence-electron chi connectivity index (χ0n) is 50.0. The average Bonchev–Trinajstić information content (AvgIpc) is 1.29. The summed E-state index contributed by atoms with van der Waals surface area (Å²) in [6.45, 7) is 13.5. The Morgan fingerprint density at radius 3 is 0.440 bits per heavy atom. The number of benzene rings is 4. The number of hydrogen-bond acceptors (Lipinski definition) is 18. The van der Waals surface area contributed by atoms with E-state index in [0.717, 1.165) is 109 Å². The Morgan fingerprint density at radius 2 is 0.286 bits per heavy atom. The van der Waals surface area contributed by atoms with Crippen molar-refractivity contribution in [1.29, 1.82) is 0 Å². The molecular weight excluding hydrogens is 1080 g/mol. The first-order valence-corrected chi connectivity index (χ1v) is 31.0. The summed E-state index contributed by atoms with van der Waals surface area (Å²) in [5, 5.41) is 5.30. The van der Waals surface area contributed by atoms with Gasteiger partial charge in [0.25, 0.3) is 0 Å². The van der Waals surface area contributed by atoms with E-state index in [0.29, 0.717) is 193 Å². The zero-order valence-corrected chi connectivity index (χ0v) is 50.0. The molecule has 0 unspecified atom stereocenters. The van der Waals surface area contributed by atoms with Crippen LogP contribution >= 0.6 is 0 Å². The third kappa shape index (κ3) is 26.4. The van der Waals surface area contributed by atoms with Crippen LogP contribution in [0.15, 0.2) is 72.9 Å². The summed E-state index contributed by atoms with van der Waals surface area (Å²) in [7, 11) is 0. The van der Waals surface area contributed by atoms with Crippen molar-refractivity contribution >= 4 is 32.3 Å². The van der Waals surface area contributed by atoms with Crippen LogP contribution in [0.4, 0.5) is 0 Å². The number of rotatable bonds is 0. The molecule has 3 aliphatic heterocycles. The molecule has 3 aliphatic rings. The SMILES string of the molecule is C1=C/CCCOCCOCCOc2cc3c(cc2OCCOCCOCCC/1)c1cc2c(cc1c1cc4c(cc31)OCCOCCOCCC/C=C/CCCOCCOCCO4)OCCOCCOCCC/C=C/CCCOCCOCCO2. The van der Waals surface area contributed by atoms with E-state index in [1.807, 2.05) is 36.4 Å². The highest BCUT2D eigenvalue weighted by Crippen LogP contribution is 2.47. The number of hydrogen-bond donors (Lipinski definition) is 0. The summed E-state index contributed by atoms with van der Waals surface area (Å²) in [6, 6.07) is 12.2. The highest BCUT2D eigenvalue weighted by molar-refractivity contribution is 6.26. The third-order valence-corrected chi connectivity index (χ3v) is 13.7. The Hall–Kier alpha value is -4.80. The molecule has 0 aliphatic carbocycles. The van der Waals surface area contributed by atoms with Crippen molar-refractivity contribution in [3.05, 3.63) is 72.9 Å². The van der Waals surface area contributed by atoms with E-state index >= 15 is 0 Å². The molecule has 3 heterocycles. The van der Waals surface area contributed by atoms with Gasteiger partial charge in [-0.25, -0.2) is 0 Å². The largest absolute Gasteiger partial charge is 0.487 e. The standard InChI is InChI=1S/C66H96O18/c1-2-8-14-20-68-26-32-74-38-44-80-62-50-56-55(49-61(62)79-43-37-73-31-25-67-19-13-7-1)57-51-63-65(83-47-41-77-35-29-71-23-17-11-4-3-9-15-21-69-27-33-75-39-45-81-63)53-59(57)60-54-66-64(52-58(56)60)82-46-40-76-34-28-70-22-16-10-5-6-12-18-24-72-30-36-78-42-48-84-66/h1-6,49-54H,7-48H2/b2-1+,4-3+,6-5+. The van der Waals surface area contributed by atoms with Crippen molar-refractivity contribution in [3.8, 4) is 34.5 Å². The Bertz CT molecular complexity index is 2000. The van der Waals surface area contributed by atoms with Crippen molar-refractivity contribution in [2.75, 3.05) is 198 Å². The van der Waals surface area contributed by atoms with E-state index < -0.39 is 0 Å². The van der Waals surface area contributed by atoms with E-state index in [9.17, 15) is 0 Å². The van der Waals surface area contributed by atoms with Gasteiger partial charge >= 0.3 is 0 Å².